The average molecular weight is 372 g/mol. The van der Waals surface area contributed by atoms with Crippen LogP contribution in [0.15, 0.2) is 52.7 Å². The lowest BCUT2D eigenvalue weighted by Gasteiger charge is -2.22. The van der Waals surface area contributed by atoms with Crippen LogP contribution in [0.4, 0.5) is 16.5 Å². The summed E-state index contributed by atoms with van der Waals surface area (Å²) in [6, 6.07) is 13.2. The summed E-state index contributed by atoms with van der Waals surface area (Å²) in [7, 11) is 1.63. The summed E-state index contributed by atoms with van der Waals surface area (Å²) in [5.74, 6) is 0.788. The summed E-state index contributed by atoms with van der Waals surface area (Å²) < 4.78 is 6.21. The Kier molecular flexibility index (Phi) is 6.11. The maximum Gasteiger partial charge on any atom is 0.231 e. The van der Waals surface area contributed by atoms with E-state index in [0.717, 1.165) is 21.7 Å². The third-order valence-electron chi connectivity index (χ3n) is 3.79. The van der Waals surface area contributed by atoms with Crippen molar-refractivity contribution in [1.82, 2.24) is 4.98 Å². The minimum absolute atomic E-state index is 0.0316. The van der Waals surface area contributed by atoms with Gasteiger partial charge in [-0.1, -0.05) is 11.3 Å². The van der Waals surface area contributed by atoms with Gasteiger partial charge in [-0.05, 0) is 42.5 Å². The molecule has 3 rings (SSSR count). The lowest BCUT2D eigenvalue weighted by Crippen LogP contribution is -2.29. The summed E-state index contributed by atoms with van der Waals surface area (Å²) >= 11 is 1.45. The number of hydrogen-bond donors (Lipinski definition) is 2. The fourth-order valence-corrected chi connectivity index (χ4v) is 3.32. The molecular formula is C18H20N4O3S. The van der Waals surface area contributed by atoms with Gasteiger partial charge in [0.15, 0.2) is 0 Å². The molecule has 136 valence electrons. The number of aliphatic hydroxyl groups is 2. The van der Waals surface area contributed by atoms with Crippen LogP contribution in [0.3, 0.4) is 0 Å². The Bertz CT molecular complexity index is 874. The van der Waals surface area contributed by atoms with E-state index in [0.29, 0.717) is 23.9 Å². The van der Waals surface area contributed by atoms with Crippen LogP contribution in [0.1, 0.15) is 0 Å². The molecule has 3 aromatic rings. The molecule has 1 heterocycles. The second-order valence-corrected chi connectivity index (χ2v) is 6.49. The van der Waals surface area contributed by atoms with Crippen molar-refractivity contribution < 1.29 is 14.9 Å². The van der Waals surface area contributed by atoms with Crippen LogP contribution in [0, 0.1) is 0 Å². The highest BCUT2D eigenvalue weighted by Crippen LogP contribution is 2.32. The molecule has 0 unspecified atom stereocenters. The van der Waals surface area contributed by atoms with E-state index in [-0.39, 0.29) is 13.2 Å². The summed E-state index contributed by atoms with van der Waals surface area (Å²) in [5, 5.41) is 27.3. The number of aromatic nitrogens is 1. The van der Waals surface area contributed by atoms with Crippen LogP contribution < -0.4 is 9.64 Å². The number of fused-ring (bicyclic) bond motifs is 1. The van der Waals surface area contributed by atoms with E-state index in [9.17, 15) is 0 Å². The van der Waals surface area contributed by atoms with E-state index < -0.39 is 0 Å². The summed E-state index contributed by atoms with van der Waals surface area (Å²) in [5.41, 5.74) is 2.49. The van der Waals surface area contributed by atoms with Crippen molar-refractivity contribution in [3.63, 3.8) is 0 Å². The summed E-state index contributed by atoms with van der Waals surface area (Å²) in [6.07, 6.45) is 0. The normalized spacial score (nSPS) is 11.3. The monoisotopic (exact) mass is 372 g/mol. The number of rotatable bonds is 8. The molecule has 0 saturated heterocycles. The summed E-state index contributed by atoms with van der Waals surface area (Å²) in [4.78, 5) is 6.34. The maximum atomic E-state index is 9.11. The molecule has 8 heteroatoms. The lowest BCUT2D eigenvalue weighted by molar-refractivity contribution is 0.281. The van der Waals surface area contributed by atoms with Crippen LogP contribution in [0.5, 0.6) is 5.75 Å². The molecule has 0 amide bonds. The third kappa shape index (κ3) is 4.34. The van der Waals surface area contributed by atoms with Gasteiger partial charge in [-0.25, -0.2) is 4.98 Å². The van der Waals surface area contributed by atoms with Crippen LogP contribution in [0.2, 0.25) is 0 Å². The molecule has 0 bridgehead atoms. The first-order valence-corrected chi connectivity index (χ1v) is 8.98. The minimum atomic E-state index is 0.0316. The molecule has 0 aliphatic heterocycles. The van der Waals surface area contributed by atoms with Gasteiger partial charge in [0.25, 0.3) is 0 Å². The number of azo groups is 1. The van der Waals surface area contributed by atoms with E-state index in [2.05, 4.69) is 15.2 Å². The van der Waals surface area contributed by atoms with Crippen molar-refractivity contribution in [2.75, 3.05) is 38.3 Å². The molecule has 2 aromatic carbocycles. The summed E-state index contributed by atoms with van der Waals surface area (Å²) in [6.45, 7) is 1.00. The Hall–Kier alpha value is -2.55. The van der Waals surface area contributed by atoms with Gasteiger partial charge in [0.2, 0.25) is 5.13 Å². The Balaban J connectivity index is 1.74. The van der Waals surface area contributed by atoms with Crippen molar-refractivity contribution in [2.45, 2.75) is 0 Å². The van der Waals surface area contributed by atoms with E-state index in [1.165, 1.54) is 11.3 Å². The molecular weight excluding hydrogens is 352 g/mol. The van der Waals surface area contributed by atoms with Crippen molar-refractivity contribution in [2.24, 2.45) is 10.2 Å². The molecule has 0 fully saturated rings. The molecule has 2 N–H and O–H groups in total. The van der Waals surface area contributed by atoms with Gasteiger partial charge in [0, 0.05) is 18.8 Å². The number of ether oxygens (including phenoxy) is 1. The van der Waals surface area contributed by atoms with Gasteiger partial charge in [-0.15, -0.1) is 10.2 Å². The molecule has 0 saturated carbocycles. The zero-order valence-electron chi connectivity index (χ0n) is 14.4. The molecule has 0 aliphatic carbocycles. The zero-order chi connectivity index (χ0) is 18.4. The number of nitrogens with zero attached hydrogens (tertiary/aromatic N) is 4. The SMILES string of the molecule is COc1ccc2nc(N=Nc3ccc(N(CCO)CCO)cc3)sc2c1. The molecule has 0 radical (unpaired) electrons. The molecule has 0 spiro atoms. The highest BCUT2D eigenvalue weighted by atomic mass is 32.1. The first kappa shape index (κ1) is 18.2. The van der Waals surface area contributed by atoms with Gasteiger partial charge in [0.1, 0.15) is 5.75 Å². The fourth-order valence-electron chi connectivity index (χ4n) is 2.50. The highest BCUT2D eigenvalue weighted by molar-refractivity contribution is 7.21. The number of thiazole rings is 1. The molecule has 26 heavy (non-hydrogen) atoms. The van der Waals surface area contributed by atoms with Gasteiger partial charge < -0.3 is 19.8 Å². The Morgan fingerprint density at radius 1 is 1.04 bits per heavy atom. The topological polar surface area (TPSA) is 90.5 Å². The van der Waals surface area contributed by atoms with E-state index in [1.807, 2.05) is 47.4 Å². The van der Waals surface area contributed by atoms with Gasteiger partial charge in [-0.3, -0.25) is 0 Å². The first-order chi connectivity index (χ1) is 12.7. The average Bonchev–Trinajstić information content (AvgIpc) is 3.08. The van der Waals surface area contributed by atoms with Crippen molar-refractivity contribution in [3.8, 4) is 5.75 Å². The van der Waals surface area contributed by atoms with E-state index >= 15 is 0 Å². The van der Waals surface area contributed by atoms with Crippen LogP contribution in [-0.4, -0.2) is 48.6 Å². The van der Waals surface area contributed by atoms with Gasteiger partial charge in [-0.2, -0.15) is 0 Å². The number of benzene rings is 2. The Labute approximate surface area is 155 Å². The quantitative estimate of drug-likeness (QED) is 0.591. The number of methoxy groups -OCH3 is 1. The number of anilines is 1. The number of aliphatic hydroxyl groups excluding tert-OH is 2. The van der Waals surface area contributed by atoms with Crippen molar-refractivity contribution in [1.29, 1.82) is 0 Å². The Morgan fingerprint density at radius 3 is 2.42 bits per heavy atom. The molecule has 0 atom stereocenters. The second kappa shape index (κ2) is 8.70. The van der Waals surface area contributed by atoms with Crippen LogP contribution in [-0.2, 0) is 0 Å². The minimum Gasteiger partial charge on any atom is -0.497 e. The lowest BCUT2D eigenvalue weighted by atomic mass is 10.2. The van der Waals surface area contributed by atoms with Gasteiger partial charge >= 0.3 is 0 Å². The second-order valence-electron chi connectivity index (χ2n) is 5.48. The fraction of sp³-hybridized carbons (Fsp3) is 0.278. The van der Waals surface area contributed by atoms with E-state index in [4.69, 9.17) is 14.9 Å². The molecule has 0 aliphatic rings. The maximum absolute atomic E-state index is 9.11. The van der Waals surface area contributed by atoms with Gasteiger partial charge in [0.05, 0.1) is 36.2 Å². The Morgan fingerprint density at radius 2 is 1.77 bits per heavy atom. The largest absolute Gasteiger partial charge is 0.497 e. The highest BCUT2D eigenvalue weighted by Gasteiger charge is 2.06. The molecule has 7 nitrogen and oxygen atoms in total. The first-order valence-electron chi connectivity index (χ1n) is 8.16. The van der Waals surface area contributed by atoms with E-state index in [1.54, 1.807) is 7.11 Å². The predicted molar refractivity (Wildman–Crippen MR) is 103 cm³/mol. The standard InChI is InChI=1S/C18H20N4O3S/c1-25-15-6-7-16-17(12-15)26-18(19-16)21-20-13-2-4-14(5-3-13)22(8-10-23)9-11-24/h2-7,12,23-24H,8-11H2,1H3. The van der Waals surface area contributed by atoms with Crippen LogP contribution >= 0.6 is 11.3 Å². The van der Waals surface area contributed by atoms with Crippen LogP contribution in [0.25, 0.3) is 10.2 Å². The predicted octanol–water partition coefficient (Wildman–Crippen LogP) is 3.51. The number of hydrogen-bond acceptors (Lipinski definition) is 8. The third-order valence-corrected chi connectivity index (χ3v) is 4.69. The van der Waals surface area contributed by atoms with Crippen molar-refractivity contribution >= 4 is 38.1 Å². The van der Waals surface area contributed by atoms with Crippen molar-refractivity contribution in [3.05, 3.63) is 42.5 Å². The molecule has 1 aromatic heterocycles. The zero-order valence-corrected chi connectivity index (χ0v) is 15.2. The smallest absolute Gasteiger partial charge is 0.231 e.